The molecular weight excluding hydrogens is 126 g/mol. The second-order valence-corrected chi connectivity index (χ2v) is 1.35. The minimum Gasteiger partial charge on any atom is -0.307 e. The van der Waals surface area contributed by atoms with E-state index in [1.165, 1.54) is 6.20 Å². The van der Waals surface area contributed by atoms with Crippen LogP contribution in [0.2, 0.25) is 0 Å². The van der Waals surface area contributed by atoms with E-state index in [1.54, 1.807) is 7.05 Å². The maximum atomic E-state index is 5.37. The van der Waals surface area contributed by atoms with E-state index < -0.39 is 0 Å². The van der Waals surface area contributed by atoms with Crippen molar-refractivity contribution in [1.29, 1.82) is 0 Å². The molecule has 2 N–H and O–H groups in total. The first-order valence-corrected chi connectivity index (χ1v) is 2.43. The lowest BCUT2D eigenvalue weighted by Crippen LogP contribution is -2.29. The summed E-state index contributed by atoms with van der Waals surface area (Å²) in [6.45, 7) is 3.38. The SMILES string of the molecule is C=CNNC(Cl)=NC. The van der Waals surface area contributed by atoms with Crippen LogP contribution in [0.3, 0.4) is 0 Å². The summed E-state index contributed by atoms with van der Waals surface area (Å²) in [5.41, 5.74) is 5.08. The van der Waals surface area contributed by atoms with E-state index in [0.717, 1.165) is 0 Å². The summed E-state index contributed by atoms with van der Waals surface area (Å²) in [5, 5.41) is 0.310. The normalized spacial score (nSPS) is 10.5. The highest BCUT2D eigenvalue weighted by Gasteiger charge is 1.81. The molecule has 4 heteroatoms. The fourth-order valence-electron chi connectivity index (χ4n) is 0.166. The van der Waals surface area contributed by atoms with Crippen LogP contribution in [0.15, 0.2) is 17.8 Å². The number of hydrogen-bond acceptors (Lipinski definition) is 2. The fourth-order valence-corrected chi connectivity index (χ4v) is 0.221. The maximum absolute atomic E-state index is 5.37. The van der Waals surface area contributed by atoms with Crippen LogP contribution in [-0.4, -0.2) is 12.3 Å². The molecule has 0 amide bonds. The van der Waals surface area contributed by atoms with Crippen LogP contribution in [0.25, 0.3) is 0 Å². The molecule has 0 spiro atoms. The molecule has 0 saturated heterocycles. The average Bonchev–Trinajstić information content (AvgIpc) is 1.83. The van der Waals surface area contributed by atoms with Crippen molar-refractivity contribution < 1.29 is 0 Å². The summed E-state index contributed by atoms with van der Waals surface area (Å²) in [6, 6.07) is 0. The Morgan fingerprint density at radius 3 is 2.88 bits per heavy atom. The first-order valence-electron chi connectivity index (χ1n) is 2.06. The molecule has 0 saturated carbocycles. The van der Waals surface area contributed by atoms with E-state index in [1.807, 2.05) is 0 Å². The minimum absolute atomic E-state index is 0.310. The summed E-state index contributed by atoms with van der Waals surface area (Å²) in [4.78, 5) is 3.59. The number of halogens is 1. The lowest BCUT2D eigenvalue weighted by atomic mass is 11.0. The van der Waals surface area contributed by atoms with Crippen LogP contribution < -0.4 is 10.9 Å². The molecular formula is C4H8ClN3. The molecule has 0 aromatic carbocycles. The van der Waals surface area contributed by atoms with Crippen LogP contribution in [-0.2, 0) is 0 Å². The van der Waals surface area contributed by atoms with Crippen molar-refractivity contribution in [2.24, 2.45) is 4.99 Å². The van der Waals surface area contributed by atoms with Crippen molar-refractivity contribution in [2.45, 2.75) is 0 Å². The van der Waals surface area contributed by atoms with Gasteiger partial charge in [-0.25, -0.2) is 0 Å². The molecule has 0 aromatic rings. The average molecular weight is 134 g/mol. The third-order valence-electron chi connectivity index (χ3n) is 0.474. The van der Waals surface area contributed by atoms with Gasteiger partial charge in [0.1, 0.15) is 0 Å². The van der Waals surface area contributed by atoms with Gasteiger partial charge in [0, 0.05) is 13.2 Å². The molecule has 0 radical (unpaired) electrons. The Kier molecular flexibility index (Phi) is 4.07. The Labute approximate surface area is 53.4 Å². The zero-order valence-electron chi connectivity index (χ0n) is 4.61. The molecule has 46 valence electrons. The Morgan fingerprint density at radius 1 is 1.88 bits per heavy atom. The molecule has 0 aromatic heterocycles. The van der Waals surface area contributed by atoms with E-state index >= 15 is 0 Å². The number of aliphatic imine (C=N–C) groups is 1. The van der Waals surface area contributed by atoms with Crippen molar-refractivity contribution in [3.05, 3.63) is 12.8 Å². The Balaban J connectivity index is 3.24. The van der Waals surface area contributed by atoms with Crippen LogP contribution in [0, 0.1) is 0 Å². The Morgan fingerprint density at radius 2 is 2.50 bits per heavy atom. The summed E-state index contributed by atoms with van der Waals surface area (Å²) < 4.78 is 0. The molecule has 8 heavy (non-hydrogen) atoms. The largest absolute Gasteiger partial charge is 0.307 e. The molecule has 0 unspecified atom stereocenters. The van der Waals surface area contributed by atoms with Crippen LogP contribution in [0.5, 0.6) is 0 Å². The number of nitrogens with one attached hydrogen (secondary N) is 2. The number of amidine groups is 1. The molecule has 0 aliphatic carbocycles. The number of rotatable bonds is 2. The first-order chi connectivity index (χ1) is 3.81. The zero-order valence-corrected chi connectivity index (χ0v) is 5.37. The summed E-state index contributed by atoms with van der Waals surface area (Å²) in [5.74, 6) is 0. The lowest BCUT2D eigenvalue weighted by molar-refractivity contribution is 0.830. The van der Waals surface area contributed by atoms with Gasteiger partial charge < -0.3 is 5.43 Å². The molecule has 0 heterocycles. The maximum Gasteiger partial charge on any atom is 0.209 e. The van der Waals surface area contributed by atoms with Gasteiger partial charge >= 0.3 is 0 Å². The van der Waals surface area contributed by atoms with Crippen molar-refractivity contribution in [3.63, 3.8) is 0 Å². The van der Waals surface area contributed by atoms with E-state index in [-0.39, 0.29) is 0 Å². The fraction of sp³-hybridized carbons (Fsp3) is 0.250. The Hall–Kier alpha value is -0.700. The van der Waals surface area contributed by atoms with E-state index in [2.05, 4.69) is 22.4 Å². The van der Waals surface area contributed by atoms with E-state index in [4.69, 9.17) is 11.6 Å². The van der Waals surface area contributed by atoms with Gasteiger partial charge in [0.2, 0.25) is 5.29 Å². The number of hydrazine groups is 1. The van der Waals surface area contributed by atoms with Gasteiger partial charge in [-0.1, -0.05) is 6.58 Å². The first kappa shape index (κ1) is 7.30. The minimum atomic E-state index is 0.310. The van der Waals surface area contributed by atoms with Crippen LogP contribution in [0.1, 0.15) is 0 Å². The van der Waals surface area contributed by atoms with E-state index in [0.29, 0.717) is 5.29 Å². The molecule has 0 aliphatic heterocycles. The number of hydrogen-bond donors (Lipinski definition) is 2. The topological polar surface area (TPSA) is 36.4 Å². The van der Waals surface area contributed by atoms with Gasteiger partial charge in [0.15, 0.2) is 0 Å². The van der Waals surface area contributed by atoms with Gasteiger partial charge in [-0.3, -0.25) is 10.4 Å². The predicted octanol–water partition coefficient (Wildman–Crippen LogP) is 0.449. The second kappa shape index (κ2) is 4.46. The second-order valence-electron chi connectivity index (χ2n) is 0.988. The van der Waals surface area contributed by atoms with Gasteiger partial charge in [0.05, 0.1) is 0 Å². The third-order valence-corrected chi connectivity index (χ3v) is 0.737. The molecule has 0 atom stereocenters. The standard InChI is InChI=1S/C4H8ClN3/c1-3-7-8-4(5)6-2/h3,7H,1H2,2H3,(H,6,8). The highest BCUT2D eigenvalue weighted by atomic mass is 35.5. The molecule has 0 fully saturated rings. The lowest BCUT2D eigenvalue weighted by Gasteiger charge is -1.98. The van der Waals surface area contributed by atoms with Gasteiger partial charge in [-0.05, 0) is 11.6 Å². The summed E-state index contributed by atoms with van der Waals surface area (Å²) >= 11 is 5.37. The van der Waals surface area contributed by atoms with Crippen molar-refractivity contribution in [2.75, 3.05) is 7.05 Å². The summed E-state index contributed by atoms with van der Waals surface area (Å²) in [7, 11) is 1.58. The van der Waals surface area contributed by atoms with Crippen molar-refractivity contribution in [1.82, 2.24) is 10.9 Å². The van der Waals surface area contributed by atoms with Gasteiger partial charge in [-0.2, -0.15) is 0 Å². The highest BCUT2D eigenvalue weighted by molar-refractivity contribution is 6.64. The molecule has 0 bridgehead atoms. The number of nitrogens with zero attached hydrogens (tertiary/aromatic N) is 1. The highest BCUT2D eigenvalue weighted by Crippen LogP contribution is 1.73. The molecule has 3 nitrogen and oxygen atoms in total. The summed E-state index contributed by atoms with van der Waals surface area (Å²) in [6.07, 6.45) is 1.47. The smallest absolute Gasteiger partial charge is 0.209 e. The molecule has 0 aliphatic rings. The zero-order chi connectivity index (χ0) is 6.41. The quantitative estimate of drug-likeness (QED) is 0.248. The van der Waals surface area contributed by atoms with Crippen LogP contribution in [0.4, 0.5) is 0 Å². The monoisotopic (exact) mass is 133 g/mol. The van der Waals surface area contributed by atoms with E-state index in [9.17, 15) is 0 Å². The van der Waals surface area contributed by atoms with Gasteiger partial charge in [-0.15, -0.1) is 0 Å². The van der Waals surface area contributed by atoms with Gasteiger partial charge in [0.25, 0.3) is 0 Å². The van der Waals surface area contributed by atoms with Crippen molar-refractivity contribution in [3.8, 4) is 0 Å². The van der Waals surface area contributed by atoms with Crippen molar-refractivity contribution >= 4 is 16.9 Å². The predicted molar refractivity (Wildman–Crippen MR) is 35.7 cm³/mol. The van der Waals surface area contributed by atoms with Crippen LogP contribution >= 0.6 is 11.6 Å². The molecule has 0 rings (SSSR count). The Bertz CT molecular complexity index is 99.5. The third kappa shape index (κ3) is 3.49.